The maximum absolute atomic E-state index is 12.9. The molecule has 0 saturated carbocycles. The van der Waals surface area contributed by atoms with E-state index in [1.54, 1.807) is 34.1 Å². The van der Waals surface area contributed by atoms with E-state index in [1.807, 2.05) is 0 Å². The Labute approximate surface area is 174 Å². The van der Waals surface area contributed by atoms with Crippen molar-refractivity contribution in [3.8, 4) is 0 Å². The van der Waals surface area contributed by atoms with Crippen LogP contribution in [0.15, 0.2) is 28.7 Å². The second-order valence-corrected chi connectivity index (χ2v) is 7.86. The van der Waals surface area contributed by atoms with Crippen LogP contribution in [0.4, 0.5) is 18.9 Å². The molecule has 2 fully saturated rings. The van der Waals surface area contributed by atoms with Gasteiger partial charge in [-0.2, -0.15) is 13.2 Å². The fourth-order valence-electron chi connectivity index (χ4n) is 3.86. The molecule has 0 aliphatic carbocycles. The highest BCUT2D eigenvalue weighted by atomic mass is 35.5. The van der Waals surface area contributed by atoms with Gasteiger partial charge in [0.05, 0.1) is 5.92 Å². The predicted molar refractivity (Wildman–Crippen MR) is 99.8 cm³/mol. The van der Waals surface area contributed by atoms with Gasteiger partial charge in [-0.25, -0.2) is 0 Å². The Hall–Kier alpha value is -2.62. The molecule has 1 aromatic carbocycles. The van der Waals surface area contributed by atoms with Gasteiger partial charge in [0.15, 0.2) is 0 Å². The summed E-state index contributed by atoms with van der Waals surface area (Å²) in [6, 6.07) is 6.84. The number of piperidine rings is 1. The number of hydrogen-bond donors (Lipinski definition) is 0. The molecule has 2 saturated heterocycles. The highest BCUT2D eigenvalue weighted by Crippen LogP contribution is 2.34. The topological polar surface area (TPSA) is 79.5 Å². The molecule has 0 N–H and O–H groups in total. The van der Waals surface area contributed by atoms with Crippen LogP contribution in [0.25, 0.3) is 0 Å². The molecule has 2 aliphatic heterocycles. The number of amides is 2. The summed E-state index contributed by atoms with van der Waals surface area (Å²) in [5, 5.41) is 7.13. The van der Waals surface area contributed by atoms with Crippen LogP contribution in [0.2, 0.25) is 5.02 Å². The lowest BCUT2D eigenvalue weighted by atomic mass is 9.95. The van der Waals surface area contributed by atoms with Gasteiger partial charge in [0.2, 0.25) is 17.7 Å². The van der Waals surface area contributed by atoms with Crippen molar-refractivity contribution < 1.29 is 27.2 Å². The lowest BCUT2D eigenvalue weighted by Crippen LogP contribution is -2.42. The zero-order valence-corrected chi connectivity index (χ0v) is 16.5. The van der Waals surface area contributed by atoms with E-state index in [1.165, 1.54) is 0 Å². The Bertz CT molecular complexity index is 939. The van der Waals surface area contributed by atoms with Gasteiger partial charge in [-0.05, 0) is 37.1 Å². The molecule has 2 aliphatic rings. The van der Waals surface area contributed by atoms with Gasteiger partial charge >= 0.3 is 12.1 Å². The number of carbonyl (C=O) groups excluding carboxylic acids is 2. The third-order valence-electron chi connectivity index (χ3n) is 5.45. The van der Waals surface area contributed by atoms with Crippen molar-refractivity contribution in [3.05, 3.63) is 41.1 Å². The van der Waals surface area contributed by atoms with Crippen LogP contribution in [-0.4, -0.2) is 46.5 Å². The molecular weight excluding hydrogens is 425 g/mol. The SMILES string of the molecule is O=C([C@H]1CC(=O)N(c2ccc(Cl)cc2)C1)N1CCC(c2nnc(C(F)(F)F)o2)CC1. The first-order chi connectivity index (χ1) is 14.2. The first-order valence-corrected chi connectivity index (χ1v) is 9.85. The summed E-state index contributed by atoms with van der Waals surface area (Å²) in [5.41, 5.74) is 0.690. The minimum absolute atomic E-state index is 0.0561. The molecule has 0 bridgehead atoms. The summed E-state index contributed by atoms with van der Waals surface area (Å²) in [4.78, 5) is 28.5. The molecule has 2 amide bonds. The molecular formula is C19H18ClF3N4O3. The third kappa shape index (κ3) is 4.14. The number of aromatic nitrogens is 2. The maximum atomic E-state index is 12.9. The van der Waals surface area contributed by atoms with Crippen molar-refractivity contribution in [2.75, 3.05) is 24.5 Å². The van der Waals surface area contributed by atoms with Crippen molar-refractivity contribution in [3.63, 3.8) is 0 Å². The lowest BCUT2D eigenvalue weighted by Gasteiger charge is -2.32. The summed E-state index contributed by atoms with van der Waals surface area (Å²) >= 11 is 5.88. The molecule has 0 radical (unpaired) electrons. The van der Waals surface area contributed by atoms with E-state index in [-0.39, 0.29) is 36.6 Å². The van der Waals surface area contributed by atoms with Gasteiger partial charge in [-0.1, -0.05) is 11.6 Å². The highest BCUT2D eigenvalue weighted by molar-refractivity contribution is 6.30. The smallest absolute Gasteiger partial charge is 0.417 e. The number of benzene rings is 1. The van der Waals surface area contributed by atoms with E-state index in [4.69, 9.17) is 16.0 Å². The van der Waals surface area contributed by atoms with Crippen LogP contribution in [0.3, 0.4) is 0 Å². The number of anilines is 1. The van der Waals surface area contributed by atoms with Crippen LogP contribution in [-0.2, 0) is 15.8 Å². The largest absolute Gasteiger partial charge is 0.470 e. The standard InChI is InChI=1S/C19H18ClF3N4O3/c20-13-1-3-14(4-2-13)27-10-12(9-15(27)28)17(29)26-7-5-11(6-8-26)16-24-25-18(30-16)19(21,22)23/h1-4,11-12H,5-10H2/t12-/m0/s1. The Kier molecular flexibility index (Phi) is 5.44. The van der Waals surface area contributed by atoms with Crippen LogP contribution >= 0.6 is 11.6 Å². The summed E-state index contributed by atoms with van der Waals surface area (Å²) in [7, 11) is 0. The number of hydrogen-bond acceptors (Lipinski definition) is 5. The van der Waals surface area contributed by atoms with Crippen molar-refractivity contribution in [2.24, 2.45) is 5.92 Å². The Balaban J connectivity index is 1.35. The van der Waals surface area contributed by atoms with Gasteiger partial charge in [-0.15, -0.1) is 10.2 Å². The summed E-state index contributed by atoms with van der Waals surface area (Å²) < 4.78 is 42.6. The number of likely N-dealkylation sites (tertiary alicyclic amines) is 1. The monoisotopic (exact) mass is 442 g/mol. The lowest BCUT2D eigenvalue weighted by molar-refractivity contribution is -0.157. The molecule has 4 rings (SSSR count). The zero-order valence-electron chi connectivity index (χ0n) is 15.7. The zero-order chi connectivity index (χ0) is 21.5. The van der Waals surface area contributed by atoms with Crippen molar-refractivity contribution in [1.29, 1.82) is 0 Å². The average Bonchev–Trinajstić information content (AvgIpc) is 3.35. The second-order valence-electron chi connectivity index (χ2n) is 7.42. The molecule has 11 heteroatoms. The third-order valence-corrected chi connectivity index (χ3v) is 5.70. The fourth-order valence-corrected chi connectivity index (χ4v) is 3.99. The normalized spacial score (nSPS) is 20.8. The van der Waals surface area contributed by atoms with Gasteiger partial charge in [0.1, 0.15) is 0 Å². The van der Waals surface area contributed by atoms with Crippen molar-refractivity contribution in [2.45, 2.75) is 31.4 Å². The van der Waals surface area contributed by atoms with Crippen LogP contribution in [0.1, 0.15) is 37.0 Å². The molecule has 0 unspecified atom stereocenters. The van der Waals surface area contributed by atoms with Crippen LogP contribution < -0.4 is 4.90 Å². The van der Waals surface area contributed by atoms with Crippen molar-refractivity contribution in [1.82, 2.24) is 15.1 Å². The predicted octanol–water partition coefficient (Wildman–Crippen LogP) is 3.50. The first kappa shape index (κ1) is 20.6. The molecule has 2 aromatic rings. The van der Waals surface area contributed by atoms with Gasteiger partial charge < -0.3 is 14.2 Å². The van der Waals surface area contributed by atoms with E-state index in [2.05, 4.69) is 10.2 Å². The molecule has 160 valence electrons. The molecule has 0 spiro atoms. The average molecular weight is 443 g/mol. The Morgan fingerprint density at radius 3 is 2.40 bits per heavy atom. The van der Waals surface area contributed by atoms with Gasteiger partial charge in [-0.3, -0.25) is 9.59 Å². The highest BCUT2D eigenvalue weighted by Gasteiger charge is 2.41. The Morgan fingerprint density at radius 1 is 1.13 bits per heavy atom. The van der Waals surface area contributed by atoms with Gasteiger partial charge in [0, 0.05) is 42.7 Å². The minimum Gasteiger partial charge on any atom is -0.417 e. The van der Waals surface area contributed by atoms with Crippen LogP contribution in [0, 0.1) is 5.92 Å². The first-order valence-electron chi connectivity index (χ1n) is 9.47. The Morgan fingerprint density at radius 2 is 1.80 bits per heavy atom. The van der Waals surface area contributed by atoms with Crippen molar-refractivity contribution >= 4 is 29.1 Å². The maximum Gasteiger partial charge on any atom is 0.470 e. The number of nitrogens with zero attached hydrogens (tertiary/aromatic N) is 4. The van der Waals surface area contributed by atoms with E-state index < -0.39 is 18.0 Å². The molecule has 30 heavy (non-hydrogen) atoms. The van der Waals surface area contributed by atoms with E-state index in [0.29, 0.717) is 36.6 Å². The quantitative estimate of drug-likeness (QED) is 0.727. The number of carbonyl (C=O) groups is 2. The molecule has 7 nitrogen and oxygen atoms in total. The van der Waals surface area contributed by atoms with Crippen LogP contribution in [0.5, 0.6) is 0 Å². The van der Waals surface area contributed by atoms with E-state index in [0.717, 1.165) is 0 Å². The molecule has 1 atom stereocenters. The number of rotatable bonds is 3. The van der Waals surface area contributed by atoms with Gasteiger partial charge in [0.25, 0.3) is 0 Å². The fraction of sp³-hybridized carbons (Fsp3) is 0.474. The number of alkyl halides is 3. The molecule has 1 aromatic heterocycles. The second kappa shape index (κ2) is 7.90. The van der Waals surface area contributed by atoms with E-state index >= 15 is 0 Å². The summed E-state index contributed by atoms with van der Waals surface area (Å²) in [6.07, 6.45) is -3.70. The van der Waals surface area contributed by atoms with E-state index in [9.17, 15) is 22.8 Å². The minimum atomic E-state index is -4.67. The summed E-state index contributed by atoms with van der Waals surface area (Å²) in [6.45, 7) is 1.01. The number of halogens is 4. The molecule has 3 heterocycles. The summed E-state index contributed by atoms with van der Waals surface area (Å²) in [5.74, 6) is -2.45.